The van der Waals surface area contributed by atoms with Gasteiger partial charge in [0.2, 0.25) is 0 Å². The highest BCUT2D eigenvalue weighted by Gasteiger charge is 2.19. The van der Waals surface area contributed by atoms with Crippen LogP contribution in [0, 0.1) is 5.92 Å². The van der Waals surface area contributed by atoms with Crippen LogP contribution in [-0.4, -0.2) is 6.04 Å². The molecule has 1 heteroatoms. The van der Waals surface area contributed by atoms with Gasteiger partial charge in [-0.05, 0) is 43.2 Å². The zero-order valence-corrected chi connectivity index (χ0v) is 11.9. The normalized spacial score (nSPS) is 18.8. The van der Waals surface area contributed by atoms with Crippen molar-refractivity contribution in [3.63, 3.8) is 0 Å². The van der Waals surface area contributed by atoms with E-state index in [9.17, 15) is 0 Å². The second-order valence-electron chi connectivity index (χ2n) is 5.69. The number of nitrogens with one attached hydrogen (secondary N) is 1. The number of benzene rings is 1. The van der Waals surface area contributed by atoms with Crippen LogP contribution in [0.3, 0.4) is 0 Å². The lowest BCUT2D eigenvalue weighted by atomic mass is 9.84. The fourth-order valence-electron chi connectivity index (χ4n) is 3.15. The van der Waals surface area contributed by atoms with E-state index < -0.39 is 0 Å². The van der Waals surface area contributed by atoms with Crippen LogP contribution in [0.1, 0.15) is 57.1 Å². The molecule has 2 rings (SSSR count). The summed E-state index contributed by atoms with van der Waals surface area (Å²) < 4.78 is 0. The van der Waals surface area contributed by atoms with E-state index in [1.807, 2.05) is 0 Å². The highest BCUT2D eigenvalue weighted by atomic mass is 14.9. The summed E-state index contributed by atoms with van der Waals surface area (Å²) in [5.41, 5.74) is 2.96. The lowest BCUT2D eigenvalue weighted by Crippen LogP contribution is -2.34. The molecule has 1 aliphatic rings. The van der Waals surface area contributed by atoms with Gasteiger partial charge in [0.1, 0.15) is 0 Å². The van der Waals surface area contributed by atoms with Crippen molar-refractivity contribution in [2.75, 3.05) is 0 Å². The van der Waals surface area contributed by atoms with Crippen molar-refractivity contribution in [3.05, 3.63) is 35.4 Å². The Labute approximate surface area is 112 Å². The van der Waals surface area contributed by atoms with Crippen molar-refractivity contribution in [3.8, 4) is 0 Å². The molecule has 1 atom stereocenters. The van der Waals surface area contributed by atoms with Gasteiger partial charge >= 0.3 is 0 Å². The van der Waals surface area contributed by atoms with Crippen LogP contribution in [-0.2, 0) is 13.0 Å². The first-order valence-electron chi connectivity index (χ1n) is 7.61. The van der Waals surface area contributed by atoms with Crippen LogP contribution in [0.15, 0.2) is 24.3 Å². The second-order valence-corrected chi connectivity index (χ2v) is 5.69. The van der Waals surface area contributed by atoms with E-state index in [0.717, 1.165) is 18.9 Å². The molecule has 1 nitrogen and oxygen atoms in total. The molecular formula is C17H27N. The van der Waals surface area contributed by atoms with E-state index in [1.54, 1.807) is 0 Å². The van der Waals surface area contributed by atoms with E-state index in [0.29, 0.717) is 6.04 Å². The van der Waals surface area contributed by atoms with Crippen molar-refractivity contribution in [2.24, 2.45) is 5.92 Å². The Morgan fingerprint density at radius 1 is 1.11 bits per heavy atom. The smallest absolute Gasteiger partial charge is 0.0210 e. The fourth-order valence-corrected chi connectivity index (χ4v) is 3.15. The van der Waals surface area contributed by atoms with Gasteiger partial charge < -0.3 is 5.32 Å². The predicted molar refractivity (Wildman–Crippen MR) is 78.7 cm³/mol. The molecule has 0 heterocycles. The summed E-state index contributed by atoms with van der Waals surface area (Å²) in [5, 5.41) is 3.74. The van der Waals surface area contributed by atoms with Gasteiger partial charge in [-0.1, -0.05) is 50.5 Å². The first-order valence-corrected chi connectivity index (χ1v) is 7.61. The van der Waals surface area contributed by atoms with Crippen LogP contribution >= 0.6 is 0 Å². The Morgan fingerprint density at radius 3 is 2.44 bits per heavy atom. The number of hydrogen-bond donors (Lipinski definition) is 1. The molecule has 0 amide bonds. The van der Waals surface area contributed by atoms with Crippen LogP contribution in [0.25, 0.3) is 0 Å². The summed E-state index contributed by atoms with van der Waals surface area (Å²) in [6, 6.07) is 9.48. The van der Waals surface area contributed by atoms with Gasteiger partial charge in [0, 0.05) is 12.6 Å². The van der Waals surface area contributed by atoms with E-state index in [-0.39, 0.29) is 0 Å². The fraction of sp³-hybridized carbons (Fsp3) is 0.647. The Morgan fingerprint density at radius 2 is 1.78 bits per heavy atom. The molecule has 1 aromatic rings. The van der Waals surface area contributed by atoms with Crippen molar-refractivity contribution < 1.29 is 0 Å². The Hall–Kier alpha value is -0.820. The number of aryl methyl sites for hydroxylation is 1. The third-order valence-electron chi connectivity index (χ3n) is 4.47. The highest BCUT2D eigenvalue weighted by molar-refractivity contribution is 5.26. The van der Waals surface area contributed by atoms with Gasteiger partial charge in [0.25, 0.3) is 0 Å². The molecule has 0 saturated heterocycles. The van der Waals surface area contributed by atoms with Crippen molar-refractivity contribution >= 4 is 0 Å². The lowest BCUT2D eigenvalue weighted by Gasteiger charge is -2.28. The average Bonchev–Trinajstić information content (AvgIpc) is 2.46. The van der Waals surface area contributed by atoms with Gasteiger partial charge in [-0.15, -0.1) is 0 Å². The number of rotatable bonds is 5. The maximum absolute atomic E-state index is 3.74. The molecule has 0 radical (unpaired) electrons. The molecule has 1 saturated carbocycles. The molecule has 1 N–H and O–H groups in total. The predicted octanol–water partition coefficient (Wildman–Crippen LogP) is 4.31. The topological polar surface area (TPSA) is 12.0 Å². The molecule has 0 unspecified atom stereocenters. The summed E-state index contributed by atoms with van der Waals surface area (Å²) in [4.78, 5) is 0. The maximum atomic E-state index is 3.74. The lowest BCUT2D eigenvalue weighted by molar-refractivity contribution is 0.280. The van der Waals surface area contributed by atoms with E-state index in [4.69, 9.17) is 0 Å². The van der Waals surface area contributed by atoms with Crippen LogP contribution < -0.4 is 5.32 Å². The Bertz CT molecular complexity index is 352. The van der Waals surface area contributed by atoms with Crippen LogP contribution in [0.2, 0.25) is 0 Å². The van der Waals surface area contributed by atoms with Crippen LogP contribution in [0.5, 0.6) is 0 Å². The third-order valence-corrected chi connectivity index (χ3v) is 4.47. The molecule has 0 aromatic heterocycles. The highest BCUT2D eigenvalue weighted by Crippen LogP contribution is 2.26. The Kier molecular flexibility index (Phi) is 5.25. The minimum Gasteiger partial charge on any atom is -0.310 e. The average molecular weight is 245 g/mol. The first kappa shape index (κ1) is 13.6. The minimum atomic E-state index is 0.662. The van der Waals surface area contributed by atoms with E-state index in [1.165, 1.54) is 43.2 Å². The summed E-state index contributed by atoms with van der Waals surface area (Å²) in [5.74, 6) is 0.896. The largest absolute Gasteiger partial charge is 0.310 e. The molecule has 100 valence electrons. The standard InChI is InChI=1S/C17H27N/c1-3-15-9-7-8-12-17(15)13-18-14(2)16-10-5-4-6-11-16/h7-9,12,14,16,18H,3-6,10-11,13H2,1-2H3/t14-/m1/s1. The molecule has 0 aliphatic heterocycles. The zero-order valence-electron chi connectivity index (χ0n) is 11.9. The molecule has 1 aromatic carbocycles. The van der Waals surface area contributed by atoms with Crippen molar-refractivity contribution in [1.82, 2.24) is 5.32 Å². The van der Waals surface area contributed by atoms with Gasteiger partial charge in [-0.25, -0.2) is 0 Å². The maximum Gasteiger partial charge on any atom is 0.0210 e. The van der Waals surface area contributed by atoms with Gasteiger partial charge in [-0.2, -0.15) is 0 Å². The van der Waals surface area contributed by atoms with E-state index in [2.05, 4.69) is 43.4 Å². The summed E-state index contributed by atoms with van der Waals surface area (Å²) in [7, 11) is 0. The first-order chi connectivity index (χ1) is 8.81. The molecule has 0 spiro atoms. The van der Waals surface area contributed by atoms with Crippen LogP contribution in [0.4, 0.5) is 0 Å². The summed E-state index contributed by atoms with van der Waals surface area (Å²) >= 11 is 0. The molecule has 1 fully saturated rings. The third kappa shape index (κ3) is 3.58. The Balaban J connectivity index is 1.86. The molecule has 1 aliphatic carbocycles. The summed E-state index contributed by atoms with van der Waals surface area (Å²) in [6.07, 6.45) is 8.29. The number of hydrogen-bond acceptors (Lipinski definition) is 1. The van der Waals surface area contributed by atoms with Gasteiger partial charge in [0.05, 0.1) is 0 Å². The minimum absolute atomic E-state index is 0.662. The molecule has 0 bridgehead atoms. The molecular weight excluding hydrogens is 218 g/mol. The van der Waals surface area contributed by atoms with Crippen molar-refractivity contribution in [1.29, 1.82) is 0 Å². The monoisotopic (exact) mass is 245 g/mol. The van der Waals surface area contributed by atoms with E-state index >= 15 is 0 Å². The summed E-state index contributed by atoms with van der Waals surface area (Å²) in [6.45, 7) is 5.63. The quantitative estimate of drug-likeness (QED) is 0.815. The second kappa shape index (κ2) is 6.94. The van der Waals surface area contributed by atoms with Crippen molar-refractivity contribution in [2.45, 2.75) is 65.0 Å². The zero-order chi connectivity index (χ0) is 12.8. The molecule has 18 heavy (non-hydrogen) atoms. The van der Waals surface area contributed by atoms with Gasteiger partial charge in [-0.3, -0.25) is 0 Å². The van der Waals surface area contributed by atoms with Gasteiger partial charge in [0.15, 0.2) is 0 Å². The SMILES string of the molecule is CCc1ccccc1CN[C@H](C)C1CCCCC1.